The second-order valence-electron chi connectivity index (χ2n) is 5.31. The zero-order valence-electron chi connectivity index (χ0n) is 11.4. The monoisotopic (exact) mass is 326 g/mol. The zero-order valence-corrected chi connectivity index (χ0v) is 12.9. The van der Waals surface area contributed by atoms with Gasteiger partial charge in [0.25, 0.3) is 0 Å². The van der Waals surface area contributed by atoms with Crippen LogP contribution in [0, 0.1) is 0 Å². The molecule has 1 aliphatic heterocycles. The lowest BCUT2D eigenvalue weighted by Gasteiger charge is -2.31. The molecule has 1 aromatic carbocycles. The highest BCUT2D eigenvalue weighted by Gasteiger charge is 2.43. The van der Waals surface area contributed by atoms with Gasteiger partial charge in [-0.2, -0.15) is 0 Å². The molecule has 2 aromatic rings. The number of benzene rings is 1. The predicted molar refractivity (Wildman–Crippen MR) is 81.6 cm³/mol. The van der Waals surface area contributed by atoms with Gasteiger partial charge < -0.3 is 14.4 Å². The molecule has 21 heavy (non-hydrogen) atoms. The highest BCUT2D eigenvalue weighted by atomic mass is 35.5. The molecular formula is C15H16Cl2N2O2. The third-order valence-electron chi connectivity index (χ3n) is 3.89. The van der Waals surface area contributed by atoms with Crippen molar-refractivity contribution in [2.45, 2.75) is 31.1 Å². The van der Waals surface area contributed by atoms with Gasteiger partial charge in [-0.25, -0.2) is 4.98 Å². The Morgan fingerprint density at radius 1 is 1.43 bits per heavy atom. The van der Waals surface area contributed by atoms with E-state index in [-0.39, 0.29) is 12.7 Å². The molecule has 6 heteroatoms. The molecular weight excluding hydrogens is 311 g/mol. The lowest BCUT2D eigenvalue weighted by molar-refractivity contribution is -0.0730. The normalized spacial score (nSPS) is 25.4. The molecule has 1 N–H and O–H groups in total. The summed E-state index contributed by atoms with van der Waals surface area (Å²) in [5.74, 6) is 0. The average Bonchev–Trinajstić information content (AvgIpc) is 3.09. The number of aromatic nitrogens is 2. The Balaban J connectivity index is 1.99. The van der Waals surface area contributed by atoms with Crippen LogP contribution in [0.4, 0.5) is 0 Å². The summed E-state index contributed by atoms with van der Waals surface area (Å²) < 4.78 is 8.12. The minimum absolute atomic E-state index is 0.0108. The first-order valence-corrected chi connectivity index (χ1v) is 7.58. The fraction of sp³-hybridized carbons (Fsp3) is 0.400. The van der Waals surface area contributed by atoms with Gasteiger partial charge >= 0.3 is 0 Å². The first-order valence-electron chi connectivity index (χ1n) is 6.83. The lowest BCUT2D eigenvalue weighted by atomic mass is 9.90. The Hall–Kier alpha value is -1.07. The first kappa shape index (κ1) is 14.9. The van der Waals surface area contributed by atoms with Crippen molar-refractivity contribution in [3.8, 4) is 0 Å². The number of imidazole rings is 1. The highest BCUT2D eigenvalue weighted by Crippen LogP contribution is 2.44. The maximum absolute atomic E-state index is 9.39. The van der Waals surface area contributed by atoms with E-state index >= 15 is 0 Å². The van der Waals surface area contributed by atoms with E-state index < -0.39 is 5.60 Å². The minimum Gasteiger partial charge on any atom is -0.394 e. The van der Waals surface area contributed by atoms with Gasteiger partial charge in [0.1, 0.15) is 5.60 Å². The van der Waals surface area contributed by atoms with Crippen LogP contribution in [-0.4, -0.2) is 27.4 Å². The maximum atomic E-state index is 9.39. The molecule has 0 spiro atoms. The van der Waals surface area contributed by atoms with Gasteiger partial charge in [0.15, 0.2) is 0 Å². The van der Waals surface area contributed by atoms with E-state index in [1.807, 2.05) is 22.9 Å². The summed E-state index contributed by atoms with van der Waals surface area (Å²) in [6, 6.07) is 5.44. The second kappa shape index (κ2) is 5.97. The van der Waals surface area contributed by atoms with E-state index in [4.69, 9.17) is 27.9 Å². The maximum Gasteiger partial charge on any atom is 0.113 e. The molecule has 0 radical (unpaired) electrons. The standard InChI is InChI=1S/C15H16Cl2N2O2/c16-11-1-2-13(14(17)7-11)15(4-3-12(8-20)21-15)9-19-6-5-18-10-19/h1-2,5-7,10,12,20H,3-4,8-9H2/t12-,15+/m0/s1. The SMILES string of the molecule is OC[C@@H]1CC[C@@](Cn2ccnc2)(c2ccc(Cl)cc2Cl)O1. The van der Waals surface area contributed by atoms with Crippen molar-refractivity contribution >= 4 is 23.2 Å². The van der Waals surface area contributed by atoms with Crippen molar-refractivity contribution in [3.63, 3.8) is 0 Å². The van der Waals surface area contributed by atoms with Crippen LogP contribution in [0.3, 0.4) is 0 Å². The predicted octanol–water partition coefficient (Wildman–Crippen LogP) is 3.26. The van der Waals surface area contributed by atoms with Gasteiger partial charge in [-0.1, -0.05) is 29.3 Å². The number of nitrogens with zero attached hydrogens (tertiary/aromatic N) is 2. The number of hydrogen-bond acceptors (Lipinski definition) is 3. The van der Waals surface area contributed by atoms with E-state index in [0.717, 1.165) is 18.4 Å². The van der Waals surface area contributed by atoms with Crippen LogP contribution in [0.1, 0.15) is 18.4 Å². The molecule has 3 rings (SSSR count). The summed E-state index contributed by atoms with van der Waals surface area (Å²) in [6.45, 7) is 0.613. The van der Waals surface area contributed by atoms with Crippen molar-refractivity contribution in [2.24, 2.45) is 0 Å². The third-order valence-corrected chi connectivity index (χ3v) is 4.43. The summed E-state index contributed by atoms with van der Waals surface area (Å²) in [4.78, 5) is 4.07. The van der Waals surface area contributed by atoms with Crippen molar-refractivity contribution in [2.75, 3.05) is 6.61 Å². The Bertz CT molecular complexity index is 618. The minimum atomic E-state index is -0.560. The number of halogens is 2. The number of aliphatic hydroxyl groups is 1. The molecule has 1 aliphatic rings. The van der Waals surface area contributed by atoms with Gasteiger partial charge in [-0.3, -0.25) is 0 Å². The molecule has 1 saturated heterocycles. The van der Waals surface area contributed by atoms with E-state index in [1.54, 1.807) is 18.6 Å². The largest absolute Gasteiger partial charge is 0.394 e. The van der Waals surface area contributed by atoms with Crippen molar-refractivity contribution in [1.29, 1.82) is 0 Å². The summed E-state index contributed by atoms with van der Waals surface area (Å²) in [6.07, 6.45) is 6.79. The first-order chi connectivity index (χ1) is 10.1. The van der Waals surface area contributed by atoms with Crippen LogP contribution in [0.2, 0.25) is 10.0 Å². The number of rotatable bonds is 4. The quantitative estimate of drug-likeness (QED) is 0.938. The Morgan fingerprint density at radius 2 is 2.29 bits per heavy atom. The molecule has 2 atom stereocenters. The highest BCUT2D eigenvalue weighted by molar-refractivity contribution is 6.35. The van der Waals surface area contributed by atoms with Crippen LogP contribution < -0.4 is 0 Å². The van der Waals surface area contributed by atoms with Crippen molar-refractivity contribution in [3.05, 3.63) is 52.5 Å². The molecule has 0 bridgehead atoms. The lowest BCUT2D eigenvalue weighted by Crippen LogP contribution is -2.32. The Kier molecular flexibility index (Phi) is 4.22. The molecule has 0 amide bonds. The molecule has 0 aliphatic carbocycles. The average molecular weight is 327 g/mol. The second-order valence-corrected chi connectivity index (χ2v) is 6.16. The summed E-state index contributed by atoms with van der Waals surface area (Å²) in [5, 5.41) is 10.6. The number of ether oxygens (including phenoxy) is 1. The van der Waals surface area contributed by atoms with Gasteiger partial charge in [-0.15, -0.1) is 0 Å². The zero-order chi connectivity index (χ0) is 14.9. The van der Waals surface area contributed by atoms with Crippen LogP contribution in [0.15, 0.2) is 36.9 Å². The summed E-state index contributed by atoms with van der Waals surface area (Å²) in [7, 11) is 0. The molecule has 1 fully saturated rings. The van der Waals surface area contributed by atoms with Crippen molar-refractivity contribution < 1.29 is 9.84 Å². The number of aliphatic hydroxyl groups excluding tert-OH is 1. The fourth-order valence-corrected chi connectivity index (χ4v) is 3.47. The smallest absolute Gasteiger partial charge is 0.113 e. The van der Waals surface area contributed by atoms with Crippen LogP contribution in [0.5, 0.6) is 0 Å². The molecule has 1 aromatic heterocycles. The third kappa shape index (κ3) is 2.94. The Labute approximate surface area is 133 Å². The van der Waals surface area contributed by atoms with Crippen LogP contribution >= 0.6 is 23.2 Å². The Morgan fingerprint density at radius 3 is 2.90 bits per heavy atom. The summed E-state index contributed by atoms with van der Waals surface area (Å²) in [5.41, 5.74) is 0.341. The van der Waals surface area contributed by atoms with Crippen LogP contribution in [0.25, 0.3) is 0 Å². The molecule has 2 heterocycles. The summed E-state index contributed by atoms with van der Waals surface area (Å²) >= 11 is 12.4. The van der Waals surface area contributed by atoms with Gasteiger partial charge in [0, 0.05) is 28.0 Å². The molecule has 4 nitrogen and oxygen atoms in total. The van der Waals surface area contributed by atoms with Crippen molar-refractivity contribution in [1.82, 2.24) is 9.55 Å². The van der Waals surface area contributed by atoms with E-state index in [1.165, 1.54) is 0 Å². The van der Waals surface area contributed by atoms with E-state index in [0.29, 0.717) is 16.6 Å². The molecule has 0 saturated carbocycles. The molecule has 0 unspecified atom stereocenters. The van der Waals surface area contributed by atoms with Gasteiger partial charge in [0.2, 0.25) is 0 Å². The van der Waals surface area contributed by atoms with Crippen LogP contribution in [-0.2, 0) is 16.9 Å². The number of hydrogen-bond donors (Lipinski definition) is 1. The van der Waals surface area contributed by atoms with E-state index in [9.17, 15) is 5.11 Å². The fourth-order valence-electron chi connectivity index (χ4n) is 2.89. The van der Waals surface area contributed by atoms with Gasteiger partial charge in [-0.05, 0) is 25.0 Å². The van der Waals surface area contributed by atoms with Gasteiger partial charge in [0.05, 0.1) is 25.6 Å². The topological polar surface area (TPSA) is 47.3 Å². The van der Waals surface area contributed by atoms with E-state index in [2.05, 4.69) is 4.98 Å². The molecule has 112 valence electrons.